The first kappa shape index (κ1) is 13.2. The molecular weight excluding hydrogens is 249 g/mol. The van der Waals surface area contributed by atoms with E-state index in [0.717, 1.165) is 10.9 Å². The van der Waals surface area contributed by atoms with Gasteiger partial charge in [-0.05, 0) is 18.1 Å². The fourth-order valence-corrected chi connectivity index (χ4v) is 1.94. The molecule has 0 fully saturated rings. The smallest absolute Gasteiger partial charge is 0.314 e. The lowest BCUT2D eigenvalue weighted by Gasteiger charge is -2.05. The van der Waals surface area contributed by atoms with Crippen molar-refractivity contribution >= 4 is 16.9 Å². The number of rotatable bonds is 4. The molecule has 0 aliphatic carbocycles. The molecule has 2 aromatic rings. The Hall–Kier alpha value is -2.24. The predicted octanol–water partition coefficient (Wildman–Crippen LogP) is 1.79. The lowest BCUT2D eigenvalue weighted by Crippen LogP contribution is -2.33. The van der Waals surface area contributed by atoms with Crippen LogP contribution in [0.15, 0.2) is 18.3 Å². The number of carbonyl (C=O) groups excluding carboxylic acids is 1. The number of halogens is 1. The summed E-state index contributed by atoms with van der Waals surface area (Å²) >= 11 is 0. The maximum atomic E-state index is 13.5. The number of amides is 2. The highest BCUT2D eigenvalue weighted by atomic mass is 19.1. The molecule has 2 amide bonds. The number of H-pyrrole nitrogens is 1. The summed E-state index contributed by atoms with van der Waals surface area (Å²) in [6.07, 6.45) is 2.47. The molecule has 0 saturated heterocycles. The zero-order valence-electron chi connectivity index (χ0n) is 10.8. The number of aromatic nitrogens is 1. The summed E-state index contributed by atoms with van der Waals surface area (Å²) in [6.45, 7) is 0.506. The number of hydrogen-bond acceptors (Lipinski definition) is 2. The van der Waals surface area contributed by atoms with Gasteiger partial charge in [0, 0.05) is 36.8 Å². The van der Waals surface area contributed by atoms with Gasteiger partial charge in [0.25, 0.3) is 0 Å². The molecular formula is C13H16FN3O2. The Balaban J connectivity index is 2.17. The molecule has 102 valence electrons. The second-order valence-electron chi connectivity index (χ2n) is 4.10. The minimum Gasteiger partial charge on any atom is -0.494 e. The SMILES string of the molecule is CNC(=O)NCCc1c[nH]c2cc(F)c(OC)cc12. The molecule has 1 aromatic heterocycles. The molecule has 6 heteroatoms. The van der Waals surface area contributed by atoms with Crippen molar-refractivity contribution in [1.29, 1.82) is 0 Å². The Kier molecular flexibility index (Phi) is 3.89. The fraction of sp³-hybridized carbons (Fsp3) is 0.308. The summed E-state index contributed by atoms with van der Waals surface area (Å²) in [7, 11) is 3.00. The van der Waals surface area contributed by atoms with E-state index >= 15 is 0 Å². The van der Waals surface area contributed by atoms with Crippen LogP contribution < -0.4 is 15.4 Å². The van der Waals surface area contributed by atoms with Gasteiger partial charge >= 0.3 is 6.03 Å². The normalized spacial score (nSPS) is 10.5. The van der Waals surface area contributed by atoms with Crippen LogP contribution in [0.2, 0.25) is 0 Å². The van der Waals surface area contributed by atoms with Crippen molar-refractivity contribution in [2.24, 2.45) is 0 Å². The van der Waals surface area contributed by atoms with Crippen LogP contribution in [0.5, 0.6) is 5.75 Å². The van der Waals surface area contributed by atoms with Gasteiger partial charge in [-0.25, -0.2) is 9.18 Å². The zero-order valence-corrected chi connectivity index (χ0v) is 10.8. The van der Waals surface area contributed by atoms with E-state index < -0.39 is 5.82 Å². The average Bonchev–Trinajstić information content (AvgIpc) is 2.79. The van der Waals surface area contributed by atoms with Gasteiger partial charge in [0.05, 0.1) is 7.11 Å². The fourth-order valence-electron chi connectivity index (χ4n) is 1.94. The summed E-state index contributed by atoms with van der Waals surface area (Å²) in [4.78, 5) is 14.1. The molecule has 19 heavy (non-hydrogen) atoms. The molecule has 0 spiro atoms. The summed E-state index contributed by atoms with van der Waals surface area (Å²) < 4.78 is 18.5. The maximum absolute atomic E-state index is 13.5. The van der Waals surface area contributed by atoms with Crippen LogP contribution in [0, 0.1) is 5.82 Å². The van der Waals surface area contributed by atoms with E-state index in [9.17, 15) is 9.18 Å². The van der Waals surface area contributed by atoms with Crippen molar-refractivity contribution < 1.29 is 13.9 Å². The van der Waals surface area contributed by atoms with Gasteiger partial charge in [0.2, 0.25) is 0 Å². The monoisotopic (exact) mass is 265 g/mol. The predicted molar refractivity (Wildman–Crippen MR) is 71.0 cm³/mol. The first-order valence-corrected chi connectivity index (χ1v) is 5.94. The van der Waals surface area contributed by atoms with E-state index in [1.54, 1.807) is 13.1 Å². The standard InChI is InChI=1S/C13H16FN3O2/c1-15-13(18)16-4-3-8-7-17-11-6-10(14)12(19-2)5-9(8)11/h5-7,17H,3-4H2,1-2H3,(H2,15,16,18). The van der Waals surface area contributed by atoms with Crippen molar-refractivity contribution in [2.75, 3.05) is 20.7 Å². The number of aromatic amines is 1. The molecule has 0 aliphatic heterocycles. The average molecular weight is 265 g/mol. The van der Waals surface area contributed by atoms with E-state index in [1.807, 2.05) is 6.20 Å². The summed E-state index contributed by atoms with van der Waals surface area (Å²) in [6, 6.07) is 2.85. The Morgan fingerprint density at radius 1 is 1.47 bits per heavy atom. The number of carbonyl (C=O) groups is 1. The highest BCUT2D eigenvalue weighted by molar-refractivity contribution is 5.85. The van der Waals surface area contributed by atoms with E-state index in [0.29, 0.717) is 18.5 Å². The van der Waals surface area contributed by atoms with Crippen LogP contribution in [0.25, 0.3) is 10.9 Å². The number of benzene rings is 1. The number of ether oxygens (including phenoxy) is 1. The molecule has 0 unspecified atom stereocenters. The third-order valence-electron chi connectivity index (χ3n) is 2.95. The zero-order chi connectivity index (χ0) is 13.8. The highest BCUT2D eigenvalue weighted by Crippen LogP contribution is 2.26. The lowest BCUT2D eigenvalue weighted by atomic mass is 10.1. The summed E-state index contributed by atoms with van der Waals surface area (Å²) in [5, 5.41) is 6.09. The molecule has 0 radical (unpaired) electrons. The summed E-state index contributed by atoms with van der Waals surface area (Å²) in [5.41, 5.74) is 1.72. The first-order chi connectivity index (χ1) is 9.15. The van der Waals surface area contributed by atoms with Gasteiger partial charge in [-0.3, -0.25) is 0 Å². The van der Waals surface area contributed by atoms with Gasteiger partial charge in [-0.2, -0.15) is 0 Å². The van der Waals surface area contributed by atoms with Crippen LogP contribution >= 0.6 is 0 Å². The first-order valence-electron chi connectivity index (χ1n) is 5.94. The van der Waals surface area contributed by atoms with Crippen LogP contribution in [0.1, 0.15) is 5.56 Å². The highest BCUT2D eigenvalue weighted by Gasteiger charge is 2.10. The number of fused-ring (bicyclic) bond motifs is 1. The Labute approximate surface area is 110 Å². The maximum Gasteiger partial charge on any atom is 0.314 e. The van der Waals surface area contributed by atoms with E-state index in [2.05, 4.69) is 15.6 Å². The van der Waals surface area contributed by atoms with Crippen molar-refractivity contribution in [3.8, 4) is 5.75 Å². The molecule has 5 nitrogen and oxygen atoms in total. The number of hydrogen-bond donors (Lipinski definition) is 3. The van der Waals surface area contributed by atoms with Crippen molar-refractivity contribution in [3.05, 3.63) is 29.7 Å². The van der Waals surface area contributed by atoms with Crippen LogP contribution in [-0.4, -0.2) is 31.7 Å². The topological polar surface area (TPSA) is 66.2 Å². The Morgan fingerprint density at radius 2 is 2.26 bits per heavy atom. The number of urea groups is 1. The second-order valence-corrected chi connectivity index (χ2v) is 4.10. The van der Waals surface area contributed by atoms with Gasteiger partial charge in [0.15, 0.2) is 11.6 Å². The Morgan fingerprint density at radius 3 is 2.95 bits per heavy atom. The van der Waals surface area contributed by atoms with Crippen molar-refractivity contribution in [3.63, 3.8) is 0 Å². The minimum atomic E-state index is -0.396. The number of methoxy groups -OCH3 is 1. The van der Waals surface area contributed by atoms with E-state index in [1.165, 1.54) is 13.2 Å². The molecule has 3 N–H and O–H groups in total. The van der Waals surface area contributed by atoms with E-state index in [-0.39, 0.29) is 11.8 Å². The van der Waals surface area contributed by atoms with Crippen LogP contribution in [0.3, 0.4) is 0 Å². The molecule has 1 heterocycles. The molecule has 0 bridgehead atoms. The van der Waals surface area contributed by atoms with Crippen molar-refractivity contribution in [1.82, 2.24) is 15.6 Å². The van der Waals surface area contributed by atoms with Gasteiger partial charge in [0.1, 0.15) is 0 Å². The molecule has 0 aliphatic rings. The lowest BCUT2D eigenvalue weighted by molar-refractivity contribution is 0.243. The van der Waals surface area contributed by atoms with Crippen LogP contribution in [-0.2, 0) is 6.42 Å². The molecule has 2 rings (SSSR count). The van der Waals surface area contributed by atoms with E-state index in [4.69, 9.17) is 4.74 Å². The molecule has 0 atom stereocenters. The Bertz CT molecular complexity index is 595. The molecule has 1 aromatic carbocycles. The second kappa shape index (κ2) is 5.60. The minimum absolute atomic E-state index is 0.215. The number of nitrogens with one attached hydrogen (secondary N) is 3. The summed E-state index contributed by atoms with van der Waals surface area (Å²) in [5.74, 6) is -0.181. The van der Waals surface area contributed by atoms with Crippen LogP contribution in [0.4, 0.5) is 9.18 Å². The van der Waals surface area contributed by atoms with Gasteiger partial charge in [-0.15, -0.1) is 0 Å². The van der Waals surface area contributed by atoms with Crippen molar-refractivity contribution in [2.45, 2.75) is 6.42 Å². The van der Waals surface area contributed by atoms with Gasteiger partial charge in [-0.1, -0.05) is 0 Å². The third kappa shape index (κ3) is 2.78. The largest absolute Gasteiger partial charge is 0.494 e. The molecule has 0 saturated carbocycles. The third-order valence-corrected chi connectivity index (χ3v) is 2.95. The van der Waals surface area contributed by atoms with Gasteiger partial charge < -0.3 is 20.4 Å². The quantitative estimate of drug-likeness (QED) is 0.789.